The standard InChI is InChI=1S/C7H6N2O/c8-6-4-2-1-3-5(6)9-7(4)10/h1-3H,8H2,(H,9,10). The van der Waals surface area contributed by atoms with Crippen molar-refractivity contribution >= 4 is 17.3 Å². The summed E-state index contributed by atoms with van der Waals surface area (Å²) < 4.78 is 0. The summed E-state index contributed by atoms with van der Waals surface area (Å²) in [5.74, 6) is -0.0995. The molecule has 3 heteroatoms. The van der Waals surface area contributed by atoms with Crippen LogP contribution in [0, 0.1) is 0 Å². The van der Waals surface area contributed by atoms with E-state index in [9.17, 15) is 4.79 Å². The smallest absolute Gasteiger partial charge is 0.257 e. The number of carbonyl (C=O) groups excluding carboxylic acids is 1. The summed E-state index contributed by atoms with van der Waals surface area (Å²) in [5.41, 5.74) is 7.42. The van der Waals surface area contributed by atoms with Gasteiger partial charge in [-0.15, -0.1) is 0 Å². The van der Waals surface area contributed by atoms with Gasteiger partial charge in [-0.3, -0.25) is 4.79 Å². The lowest BCUT2D eigenvalue weighted by Gasteiger charge is -1.91. The van der Waals surface area contributed by atoms with Crippen LogP contribution in [0.5, 0.6) is 0 Å². The molecule has 3 nitrogen and oxygen atoms in total. The fourth-order valence-electron chi connectivity index (χ4n) is 1.06. The zero-order chi connectivity index (χ0) is 7.14. The highest BCUT2D eigenvalue weighted by Crippen LogP contribution is 2.29. The molecule has 0 saturated carbocycles. The average molecular weight is 134 g/mol. The molecule has 1 heterocycles. The van der Waals surface area contributed by atoms with Gasteiger partial charge in [0.1, 0.15) is 0 Å². The van der Waals surface area contributed by atoms with Crippen molar-refractivity contribution in [3.8, 4) is 0 Å². The zero-order valence-electron chi connectivity index (χ0n) is 5.22. The zero-order valence-corrected chi connectivity index (χ0v) is 5.22. The van der Waals surface area contributed by atoms with Crippen molar-refractivity contribution in [1.29, 1.82) is 0 Å². The second-order valence-electron chi connectivity index (χ2n) is 2.22. The number of nitrogens with two attached hydrogens (primary N) is 1. The van der Waals surface area contributed by atoms with Gasteiger partial charge in [0.05, 0.1) is 16.9 Å². The van der Waals surface area contributed by atoms with Crippen molar-refractivity contribution in [2.75, 3.05) is 11.1 Å². The van der Waals surface area contributed by atoms with Gasteiger partial charge in [0, 0.05) is 0 Å². The van der Waals surface area contributed by atoms with E-state index in [1.807, 2.05) is 0 Å². The van der Waals surface area contributed by atoms with Gasteiger partial charge in [0.2, 0.25) is 0 Å². The molecule has 10 heavy (non-hydrogen) atoms. The first-order valence-electron chi connectivity index (χ1n) is 2.99. The summed E-state index contributed by atoms with van der Waals surface area (Å²) in [6, 6.07) is 5.30. The van der Waals surface area contributed by atoms with Crippen molar-refractivity contribution < 1.29 is 4.79 Å². The Labute approximate surface area is 57.8 Å². The highest BCUT2D eigenvalue weighted by Gasteiger charge is 2.19. The Balaban J connectivity index is 2.76. The summed E-state index contributed by atoms with van der Waals surface area (Å²) in [6.07, 6.45) is 0. The normalized spacial score (nSPS) is 13.4. The fraction of sp³-hybridized carbons (Fsp3) is 0. The lowest BCUT2D eigenvalue weighted by molar-refractivity contribution is 0.103. The minimum Gasteiger partial charge on any atom is -0.396 e. The Bertz CT molecular complexity index is 306. The lowest BCUT2D eigenvalue weighted by Crippen LogP contribution is -2.02. The Kier molecular flexibility index (Phi) is 0.795. The largest absolute Gasteiger partial charge is 0.396 e. The first kappa shape index (κ1) is 5.29. The predicted molar refractivity (Wildman–Crippen MR) is 38.8 cm³/mol. The molecule has 0 radical (unpaired) electrons. The molecule has 1 aliphatic rings. The predicted octanol–water partition coefficient (Wildman–Crippen LogP) is 0.835. The van der Waals surface area contributed by atoms with Gasteiger partial charge in [-0.2, -0.15) is 0 Å². The van der Waals surface area contributed by atoms with Crippen LogP contribution in [-0.2, 0) is 0 Å². The van der Waals surface area contributed by atoms with Crippen LogP contribution in [0.1, 0.15) is 10.4 Å². The van der Waals surface area contributed by atoms with Gasteiger partial charge in [-0.05, 0) is 12.1 Å². The van der Waals surface area contributed by atoms with Gasteiger partial charge < -0.3 is 11.1 Å². The highest BCUT2D eigenvalue weighted by molar-refractivity contribution is 6.16. The molecule has 0 atom stereocenters. The molecule has 1 aromatic carbocycles. The molecule has 1 amide bonds. The number of fused-ring (bicyclic) bond motifs is 2. The van der Waals surface area contributed by atoms with Crippen LogP contribution in [0.4, 0.5) is 11.4 Å². The van der Waals surface area contributed by atoms with Crippen LogP contribution >= 0.6 is 0 Å². The minimum absolute atomic E-state index is 0.0995. The quantitative estimate of drug-likeness (QED) is 0.516. The number of para-hydroxylation sites is 1. The molecule has 0 unspecified atom stereocenters. The summed E-state index contributed by atoms with van der Waals surface area (Å²) in [6.45, 7) is 0. The molecule has 0 spiro atoms. The second kappa shape index (κ2) is 1.50. The monoisotopic (exact) mass is 134 g/mol. The number of rotatable bonds is 0. The van der Waals surface area contributed by atoms with E-state index >= 15 is 0 Å². The van der Waals surface area contributed by atoms with E-state index in [-0.39, 0.29) is 5.91 Å². The van der Waals surface area contributed by atoms with E-state index < -0.39 is 0 Å². The molecule has 3 N–H and O–H groups in total. The summed E-state index contributed by atoms with van der Waals surface area (Å²) in [4.78, 5) is 10.9. The van der Waals surface area contributed by atoms with Crippen LogP contribution in [0.15, 0.2) is 18.2 Å². The molecule has 0 aromatic heterocycles. The number of benzene rings is 1. The van der Waals surface area contributed by atoms with E-state index in [1.54, 1.807) is 18.2 Å². The number of hydrogen-bond acceptors (Lipinski definition) is 2. The van der Waals surface area contributed by atoms with E-state index in [0.29, 0.717) is 11.3 Å². The number of nitrogens with one attached hydrogen (secondary N) is 1. The van der Waals surface area contributed by atoms with Crippen molar-refractivity contribution in [3.63, 3.8) is 0 Å². The summed E-state index contributed by atoms with van der Waals surface area (Å²) >= 11 is 0. The maximum atomic E-state index is 10.9. The minimum atomic E-state index is -0.0995. The second-order valence-corrected chi connectivity index (χ2v) is 2.22. The van der Waals surface area contributed by atoms with E-state index in [2.05, 4.69) is 5.32 Å². The van der Waals surface area contributed by atoms with Crippen LogP contribution in [0.3, 0.4) is 0 Å². The number of carbonyl (C=O) groups is 1. The number of nitrogen functional groups attached to an aromatic ring is 1. The topological polar surface area (TPSA) is 55.1 Å². The van der Waals surface area contributed by atoms with Crippen molar-refractivity contribution in [2.45, 2.75) is 0 Å². The summed E-state index contributed by atoms with van der Waals surface area (Å²) in [5, 5.41) is 2.63. The first-order valence-corrected chi connectivity index (χ1v) is 2.99. The molecule has 1 aromatic rings. The maximum Gasteiger partial charge on any atom is 0.257 e. The average Bonchev–Trinajstić information content (AvgIpc) is 2.16. The maximum absolute atomic E-state index is 10.9. The molecule has 50 valence electrons. The van der Waals surface area contributed by atoms with E-state index in [4.69, 9.17) is 5.73 Å². The Morgan fingerprint density at radius 2 is 2.20 bits per heavy atom. The third-order valence-corrected chi connectivity index (χ3v) is 1.60. The molecule has 2 rings (SSSR count). The molecule has 0 saturated heterocycles. The van der Waals surface area contributed by atoms with Crippen LogP contribution < -0.4 is 11.1 Å². The Morgan fingerprint density at radius 3 is 2.80 bits per heavy atom. The van der Waals surface area contributed by atoms with E-state index in [0.717, 1.165) is 5.69 Å². The van der Waals surface area contributed by atoms with Gasteiger partial charge in [0.25, 0.3) is 5.91 Å². The molecular formula is C7H6N2O. The number of amides is 1. The SMILES string of the molecule is Nc1c2cccc1C(=O)N2. The number of anilines is 2. The highest BCUT2D eigenvalue weighted by atomic mass is 16.1. The van der Waals surface area contributed by atoms with Gasteiger partial charge in [-0.1, -0.05) is 6.07 Å². The van der Waals surface area contributed by atoms with Crippen LogP contribution in [-0.4, -0.2) is 5.91 Å². The third kappa shape index (κ3) is 0.466. The molecular weight excluding hydrogens is 128 g/mol. The number of hydrogen-bond donors (Lipinski definition) is 2. The van der Waals surface area contributed by atoms with Gasteiger partial charge in [-0.25, -0.2) is 0 Å². The van der Waals surface area contributed by atoms with Crippen LogP contribution in [0.25, 0.3) is 0 Å². The Morgan fingerprint density at radius 1 is 1.40 bits per heavy atom. The fourth-order valence-corrected chi connectivity index (χ4v) is 1.06. The third-order valence-electron chi connectivity index (χ3n) is 1.60. The molecule has 1 aliphatic heterocycles. The van der Waals surface area contributed by atoms with Gasteiger partial charge in [0.15, 0.2) is 0 Å². The Hall–Kier alpha value is -1.51. The molecule has 0 aliphatic carbocycles. The van der Waals surface area contributed by atoms with Crippen molar-refractivity contribution in [1.82, 2.24) is 0 Å². The first-order chi connectivity index (χ1) is 4.79. The van der Waals surface area contributed by atoms with E-state index in [1.165, 1.54) is 0 Å². The van der Waals surface area contributed by atoms with Crippen molar-refractivity contribution in [3.05, 3.63) is 23.8 Å². The van der Waals surface area contributed by atoms with Gasteiger partial charge >= 0.3 is 0 Å². The lowest BCUT2D eigenvalue weighted by atomic mass is 10.2. The van der Waals surface area contributed by atoms with Crippen molar-refractivity contribution in [2.24, 2.45) is 0 Å². The van der Waals surface area contributed by atoms with Crippen LogP contribution in [0.2, 0.25) is 0 Å². The summed E-state index contributed by atoms with van der Waals surface area (Å²) in [7, 11) is 0. The molecule has 0 fully saturated rings. The molecule has 2 bridgehead atoms.